The molecule has 0 saturated carbocycles. The molecule has 0 nitrogen and oxygen atoms in total. The smallest absolute Gasteiger partial charge is 0.221 e. The molecule has 1 radical (unpaired) electrons. The molecule has 11 heteroatoms. The van der Waals surface area contributed by atoms with Crippen molar-refractivity contribution in [2.45, 2.75) is 44.2 Å². The average Bonchev–Trinajstić information content (AvgIpc) is 2.58. The van der Waals surface area contributed by atoms with Crippen LogP contribution in [0.2, 0.25) is 5.02 Å². The van der Waals surface area contributed by atoms with E-state index in [0.29, 0.717) is 12.1 Å². The molecule has 2 rings (SSSR count). The maximum atomic E-state index is 15.2. The molecule has 1 unspecified atom stereocenters. The van der Waals surface area contributed by atoms with E-state index < -0.39 is 51.5 Å². The molecule has 0 fully saturated rings. The van der Waals surface area contributed by atoms with E-state index in [4.69, 9.17) is 11.6 Å². The van der Waals surface area contributed by atoms with Crippen molar-refractivity contribution in [3.05, 3.63) is 57.9 Å². The fraction of sp³-hybridized carbons (Fsp3) is 0.368. The van der Waals surface area contributed by atoms with E-state index in [9.17, 15) is 39.5 Å². The van der Waals surface area contributed by atoms with Crippen LogP contribution in [0.4, 0.5) is 43.9 Å². The van der Waals surface area contributed by atoms with Gasteiger partial charge < -0.3 is 0 Å². The number of benzene rings is 2. The Kier molecular flexibility index (Phi) is 6.17. The zero-order valence-electron chi connectivity index (χ0n) is 15.2. The Morgan fingerprint density at radius 2 is 1.47 bits per heavy atom. The number of hydrogen-bond acceptors (Lipinski definition) is 0. The summed E-state index contributed by atoms with van der Waals surface area (Å²) in [7, 11) is 0. The molecule has 0 aromatic heterocycles. The topological polar surface area (TPSA) is 0 Å². The first-order valence-corrected chi connectivity index (χ1v) is 8.58. The van der Waals surface area contributed by atoms with E-state index in [1.807, 2.05) is 0 Å². The monoisotopic (exact) mass is 465 g/mol. The average molecular weight is 466 g/mol. The van der Waals surface area contributed by atoms with Gasteiger partial charge in [0.25, 0.3) is 0 Å². The van der Waals surface area contributed by atoms with E-state index in [1.54, 1.807) is 0 Å². The fourth-order valence-electron chi connectivity index (χ4n) is 3.02. The van der Waals surface area contributed by atoms with Gasteiger partial charge in [-0.05, 0) is 54.3 Å². The summed E-state index contributed by atoms with van der Waals surface area (Å²) in [5.74, 6) is -7.81. The Balaban J connectivity index is 3.09. The van der Waals surface area contributed by atoms with Gasteiger partial charge in [0.05, 0.1) is 5.02 Å². The first-order chi connectivity index (χ1) is 13.5. The highest BCUT2D eigenvalue weighted by Crippen LogP contribution is 2.60. The summed E-state index contributed by atoms with van der Waals surface area (Å²) in [4.78, 5) is 0. The molecule has 0 heterocycles. The normalized spacial score (nSPS) is 15.2. The van der Waals surface area contributed by atoms with Crippen molar-refractivity contribution in [2.24, 2.45) is 0 Å². The molecular formula is C19H12ClF10. The molecule has 0 N–H and O–H groups in total. The van der Waals surface area contributed by atoms with Crippen molar-refractivity contribution >= 4 is 11.6 Å². The Morgan fingerprint density at radius 1 is 0.900 bits per heavy atom. The lowest BCUT2D eigenvalue weighted by molar-refractivity contribution is -0.389. The van der Waals surface area contributed by atoms with Crippen LogP contribution in [0, 0.1) is 18.8 Å². The summed E-state index contributed by atoms with van der Waals surface area (Å²) >= 11 is 5.81. The van der Waals surface area contributed by atoms with E-state index in [0.717, 1.165) is 13.0 Å². The molecule has 30 heavy (non-hydrogen) atoms. The standard InChI is InChI=1S/C19H12ClF10/c1-3-10-6-9(2)7-13(15(10)12-5-4-11(21)8-14(12)20)16(22,18(25,26)27)17(23,24)19(28,29)30/h4-5,7-8H,3H2,1-2H3. The molecule has 2 aromatic carbocycles. The Bertz CT molecular complexity index is 946. The molecule has 0 spiro atoms. The van der Waals surface area contributed by atoms with Crippen LogP contribution >= 0.6 is 11.6 Å². The Hall–Kier alpha value is -1.97. The summed E-state index contributed by atoms with van der Waals surface area (Å²) in [6.45, 7) is 2.40. The molecule has 0 aliphatic carbocycles. The maximum absolute atomic E-state index is 15.2. The lowest BCUT2D eigenvalue weighted by Crippen LogP contribution is -2.60. The van der Waals surface area contributed by atoms with E-state index >= 15 is 4.39 Å². The second kappa shape index (κ2) is 7.62. The van der Waals surface area contributed by atoms with Gasteiger partial charge in [0.2, 0.25) is 0 Å². The van der Waals surface area contributed by atoms with Crippen molar-refractivity contribution in [2.75, 3.05) is 0 Å². The van der Waals surface area contributed by atoms with Crippen molar-refractivity contribution in [1.29, 1.82) is 0 Å². The molecule has 0 amide bonds. The predicted molar refractivity (Wildman–Crippen MR) is 89.6 cm³/mol. The third-order valence-corrected chi connectivity index (χ3v) is 4.70. The molecule has 0 aliphatic heterocycles. The summed E-state index contributed by atoms with van der Waals surface area (Å²) < 4.78 is 136. The van der Waals surface area contributed by atoms with Gasteiger partial charge in [-0.25, -0.2) is 8.78 Å². The second-order valence-corrected chi connectivity index (χ2v) is 6.83. The third kappa shape index (κ3) is 3.74. The molecule has 2 aromatic rings. The van der Waals surface area contributed by atoms with Crippen LogP contribution in [0.25, 0.3) is 11.1 Å². The molecule has 0 bridgehead atoms. The van der Waals surface area contributed by atoms with Gasteiger partial charge in [0, 0.05) is 11.1 Å². The Morgan fingerprint density at radius 3 is 1.90 bits per heavy atom. The fourth-order valence-corrected chi connectivity index (χ4v) is 3.28. The number of alkyl halides is 9. The van der Waals surface area contributed by atoms with Crippen LogP contribution in [0.15, 0.2) is 24.3 Å². The van der Waals surface area contributed by atoms with Gasteiger partial charge in [-0.2, -0.15) is 35.1 Å². The first-order valence-electron chi connectivity index (χ1n) is 8.20. The van der Waals surface area contributed by atoms with Gasteiger partial charge in [0.15, 0.2) is 0 Å². The van der Waals surface area contributed by atoms with Gasteiger partial charge in [-0.15, -0.1) is 0 Å². The van der Waals surface area contributed by atoms with Crippen LogP contribution in [0.3, 0.4) is 0 Å². The van der Waals surface area contributed by atoms with Crippen LogP contribution in [0.1, 0.15) is 23.6 Å². The third-order valence-electron chi connectivity index (χ3n) is 4.38. The SMILES string of the molecule is CCc1[c]c(C)cc(C(F)(C(F)(F)F)C(F)(F)C(F)(F)F)c1-c1ccc(F)cc1Cl. The molecule has 0 aliphatic rings. The summed E-state index contributed by atoms with van der Waals surface area (Å²) in [6, 6.07) is 4.78. The largest absolute Gasteiger partial charge is 0.457 e. The summed E-state index contributed by atoms with van der Waals surface area (Å²) in [5, 5.41) is -0.608. The van der Waals surface area contributed by atoms with Gasteiger partial charge in [-0.1, -0.05) is 24.6 Å². The minimum absolute atomic E-state index is 0.210. The maximum Gasteiger partial charge on any atom is 0.457 e. The highest BCUT2D eigenvalue weighted by Gasteiger charge is 2.82. The van der Waals surface area contributed by atoms with Crippen LogP contribution in [-0.2, 0) is 12.1 Å². The van der Waals surface area contributed by atoms with E-state index in [2.05, 4.69) is 6.07 Å². The predicted octanol–water partition coefficient (Wildman–Crippen LogP) is 7.74. The van der Waals surface area contributed by atoms with Gasteiger partial charge in [-0.3, -0.25) is 0 Å². The molecule has 1 atom stereocenters. The zero-order valence-corrected chi connectivity index (χ0v) is 15.9. The highest BCUT2D eigenvalue weighted by atomic mass is 35.5. The van der Waals surface area contributed by atoms with Crippen molar-refractivity contribution in [3.8, 4) is 11.1 Å². The van der Waals surface area contributed by atoms with E-state index in [1.165, 1.54) is 6.92 Å². The van der Waals surface area contributed by atoms with Crippen molar-refractivity contribution in [3.63, 3.8) is 0 Å². The van der Waals surface area contributed by atoms with Gasteiger partial charge >= 0.3 is 23.9 Å². The first kappa shape index (κ1) is 24.3. The van der Waals surface area contributed by atoms with Crippen molar-refractivity contribution in [1.82, 2.24) is 0 Å². The molecule has 165 valence electrons. The number of aryl methyl sites for hydroxylation is 2. The van der Waals surface area contributed by atoms with E-state index in [-0.39, 0.29) is 23.6 Å². The van der Waals surface area contributed by atoms with Gasteiger partial charge in [0.1, 0.15) is 5.82 Å². The van der Waals surface area contributed by atoms with Crippen molar-refractivity contribution < 1.29 is 43.9 Å². The second-order valence-electron chi connectivity index (χ2n) is 6.43. The summed E-state index contributed by atoms with van der Waals surface area (Å²) in [6.07, 6.45) is -13.8. The number of rotatable bonds is 4. The number of halogens is 11. The summed E-state index contributed by atoms with van der Waals surface area (Å²) in [5.41, 5.74) is -10.3. The lowest BCUT2D eigenvalue weighted by Gasteiger charge is -2.38. The van der Waals surface area contributed by atoms with Crippen LogP contribution in [-0.4, -0.2) is 18.3 Å². The molecule has 0 saturated heterocycles. The highest BCUT2D eigenvalue weighted by molar-refractivity contribution is 6.33. The quantitative estimate of drug-likeness (QED) is 0.405. The van der Waals surface area contributed by atoms with Crippen LogP contribution < -0.4 is 0 Å². The van der Waals surface area contributed by atoms with Crippen LogP contribution in [0.5, 0.6) is 0 Å². The lowest BCUT2D eigenvalue weighted by atomic mass is 9.79. The minimum Gasteiger partial charge on any atom is -0.221 e. The number of hydrogen-bond donors (Lipinski definition) is 0. The Labute approximate surface area is 169 Å². The minimum atomic E-state index is -6.87. The molecular weight excluding hydrogens is 454 g/mol. The zero-order chi connectivity index (χ0) is 23.3.